The summed E-state index contributed by atoms with van der Waals surface area (Å²) in [6, 6.07) is 32.2. The van der Waals surface area contributed by atoms with Crippen molar-refractivity contribution in [2.24, 2.45) is 5.92 Å². The van der Waals surface area contributed by atoms with E-state index < -0.39 is 52.4 Å². The number of aliphatic hydroxyl groups excluding tert-OH is 1. The predicted molar refractivity (Wildman–Crippen MR) is 213 cm³/mol. The van der Waals surface area contributed by atoms with E-state index in [1.807, 2.05) is 84.9 Å². The smallest absolute Gasteiger partial charge is 0.257 e. The van der Waals surface area contributed by atoms with Gasteiger partial charge in [-0.25, -0.2) is 22.0 Å². The van der Waals surface area contributed by atoms with Crippen LogP contribution in [0.25, 0.3) is 11.1 Å². The SMILES string of the molecule is CC1C(CN2CCC3(CC2)C(=O)NCN3c2ccccc2)OC(c2cccc(-c3cccc(CNC(=O)c4c(F)c(F)c(F)c(F)c4F)c3)c2)OC1c1ccc(CO)cc1. The maximum atomic E-state index is 14.3. The van der Waals surface area contributed by atoms with Gasteiger partial charge in [0, 0.05) is 43.3 Å². The van der Waals surface area contributed by atoms with Gasteiger partial charge in [-0.05, 0) is 64.9 Å². The summed E-state index contributed by atoms with van der Waals surface area (Å²) < 4.78 is 83.1. The molecule has 60 heavy (non-hydrogen) atoms. The van der Waals surface area contributed by atoms with Gasteiger partial charge < -0.3 is 35.0 Å². The molecule has 1 spiro atoms. The number of nitrogens with one attached hydrogen (secondary N) is 2. The third kappa shape index (κ3) is 7.87. The van der Waals surface area contributed by atoms with Gasteiger partial charge in [-0.2, -0.15) is 0 Å². The van der Waals surface area contributed by atoms with Crippen LogP contribution >= 0.6 is 0 Å². The highest BCUT2D eigenvalue weighted by Crippen LogP contribution is 2.43. The average Bonchev–Trinajstić information content (AvgIpc) is 3.60. The molecule has 3 saturated heterocycles. The number of para-hydroxylation sites is 1. The molecule has 3 N–H and O–H groups in total. The Bertz CT molecular complexity index is 2350. The Morgan fingerprint density at radius 3 is 2.12 bits per heavy atom. The number of nitrogens with zero attached hydrogens (tertiary/aromatic N) is 2. The summed E-state index contributed by atoms with van der Waals surface area (Å²) in [5, 5.41) is 15.0. The number of halogens is 5. The van der Waals surface area contributed by atoms with Crippen LogP contribution in [0, 0.1) is 35.0 Å². The van der Waals surface area contributed by atoms with E-state index in [-0.39, 0.29) is 37.2 Å². The van der Waals surface area contributed by atoms with Gasteiger partial charge >= 0.3 is 0 Å². The molecule has 0 aromatic heterocycles. The van der Waals surface area contributed by atoms with E-state index in [0.717, 1.165) is 33.5 Å². The molecular weight excluding hydrogens is 784 g/mol. The van der Waals surface area contributed by atoms with Gasteiger partial charge in [0.25, 0.3) is 5.91 Å². The molecule has 5 aromatic rings. The number of likely N-dealkylation sites (tertiary alicyclic amines) is 1. The van der Waals surface area contributed by atoms with Crippen LogP contribution in [0.1, 0.15) is 64.8 Å². The molecule has 8 rings (SSSR count). The number of piperidine rings is 1. The van der Waals surface area contributed by atoms with E-state index in [2.05, 4.69) is 27.4 Å². The first-order valence-corrected chi connectivity index (χ1v) is 19.8. The van der Waals surface area contributed by atoms with E-state index in [1.54, 1.807) is 18.2 Å². The lowest BCUT2D eigenvalue weighted by atomic mass is 9.84. The van der Waals surface area contributed by atoms with Crippen LogP contribution in [0.4, 0.5) is 27.6 Å². The minimum absolute atomic E-state index is 0.0486. The lowest BCUT2D eigenvalue weighted by Gasteiger charge is -2.46. The molecule has 0 radical (unpaired) electrons. The van der Waals surface area contributed by atoms with Crippen molar-refractivity contribution in [3.05, 3.63) is 160 Å². The second kappa shape index (κ2) is 17.1. The van der Waals surface area contributed by atoms with Crippen LogP contribution in [0.2, 0.25) is 0 Å². The number of benzene rings is 5. The molecule has 312 valence electrons. The van der Waals surface area contributed by atoms with Crippen LogP contribution in [-0.2, 0) is 27.4 Å². The third-order valence-corrected chi connectivity index (χ3v) is 12.0. The second-order valence-corrected chi connectivity index (χ2v) is 15.5. The number of aliphatic hydroxyl groups is 1. The first-order valence-electron chi connectivity index (χ1n) is 19.8. The maximum Gasteiger partial charge on any atom is 0.257 e. The second-order valence-electron chi connectivity index (χ2n) is 15.5. The van der Waals surface area contributed by atoms with Gasteiger partial charge in [-0.1, -0.05) is 85.8 Å². The highest BCUT2D eigenvalue weighted by Gasteiger charge is 2.51. The molecule has 3 fully saturated rings. The summed E-state index contributed by atoms with van der Waals surface area (Å²) in [7, 11) is 0. The van der Waals surface area contributed by atoms with Crippen LogP contribution in [0.3, 0.4) is 0 Å². The first-order chi connectivity index (χ1) is 29.0. The Morgan fingerprint density at radius 1 is 0.783 bits per heavy atom. The topological polar surface area (TPSA) is 103 Å². The van der Waals surface area contributed by atoms with E-state index in [1.165, 1.54) is 0 Å². The summed E-state index contributed by atoms with van der Waals surface area (Å²) in [5.74, 6) is -12.6. The highest BCUT2D eigenvalue weighted by molar-refractivity contribution is 5.95. The molecule has 2 amide bonds. The van der Waals surface area contributed by atoms with Crippen LogP contribution in [-0.4, -0.2) is 59.8 Å². The zero-order chi connectivity index (χ0) is 42.1. The number of carbonyl (C=O) groups excluding carboxylic acids is 2. The zero-order valence-electron chi connectivity index (χ0n) is 32.6. The minimum Gasteiger partial charge on any atom is -0.392 e. The lowest BCUT2D eigenvalue weighted by molar-refractivity contribution is -0.276. The van der Waals surface area contributed by atoms with Gasteiger partial charge in [0.2, 0.25) is 11.7 Å². The van der Waals surface area contributed by atoms with Crippen molar-refractivity contribution in [1.82, 2.24) is 15.5 Å². The maximum absolute atomic E-state index is 14.3. The molecule has 5 aromatic carbocycles. The molecule has 4 unspecified atom stereocenters. The molecule has 9 nitrogen and oxygen atoms in total. The number of rotatable bonds is 10. The van der Waals surface area contributed by atoms with Gasteiger partial charge in [-0.3, -0.25) is 9.59 Å². The molecule has 4 atom stereocenters. The fraction of sp³-hybridized carbons (Fsp3) is 0.304. The summed E-state index contributed by atoms with van der Waals surface area (Å²) in [4.78, 5) is 30.5. The largest absolute Gasteiger partial charge is 0.392 e. The monoisotopic (exact) mass is 826 g/mol. The van der Waals surface area contributed by atoms with Crippen molar-refractivity contribution in [2.75, 3.05) is 31.2 Å². The van der Waals surface area contributed by atoms with Crippen molar-refractivity contribution in [2.45, 2.75) is 57.0 Å². The number of carbonyl (C=O) groups is 2. The van der Waals surface area contributed by atoms with E-state index >= 15 is 0 Å². The van der Waals surface area contributed by atoms with Crippen molar-refractivity contribution in [3.8, 4) is 11.1 Å². The summed E-state index contributed by atoms with van der Waals surface area (Å²) in [6.07, 6.45) is -0.0926. The molecule has 0 saturated carbocycles. The average molecular weight is 827 g/mol. The van der Waals surface area contributed by atoms with Crippen molar-refractivity contribution < 1.29 is 46.1 Å². The van der Waals surface area contributed by atoms with Crippen LogP contribution in [0.5, 0.6) is 0 Å². The number of hydrogen-bond donors (Lipinski definition) is 3. The predicted octanol–water partition coefficient (Wildman–Crippen LogP) is 7.69. The first kappa shape index (κ1) is 41.1. The molecule has 0 aliphatic carbocycles. The molecule has 0 bridgehead atoms. The summed E-state index contributed by atoms with van der Waals surface area (Å²) in [5.41, 5.74) is 3.28. The standard InChI is InChI=1S/C46H43F5N4O5/c1-27-35(24-54-19-17-46(18-20-54)45(58)53-26-55(46)34-11-3-2-4-12-34)59-44(60-42(27)30-15-13-28(25-56)14-16-30)33-10-6-9-32(22-33)31-8-5-7-29(21-31)23-52-43(57)36-37(47)39(49)41(51)40(50)38(36)48/h2-16,21-22,27,35,42,44,56H,17-20,23-26H2,1H3,(H,52,57)(H,53,58). The zero-order valence-corrected chi connectivity index (χ0v) is 32.6. The Balaban J connectivity index is 1.00. The quantitative estimate of drug-likeness (QED) is 0.0755. The number of anilines is 1. The van der Waals surface area contributed by atoms with E-state index in [4.69, 9.17) is 9.47 Å². The number of amides is 2. The third-order valence-electron chi connectivity index (χ3n) is 12.0. The summed E-state index contributed by atoms with van der Waals surface area (Å²) >= 11 is 0. The molecule has 3 aliphatic heterocycles. The normalized spacial score (nSPS) is 21.6. The van der Waals surface area contributed by atoms with Gasteiger partial charge in [0.1, 0.15) is 11.1 Å². The van der Waals surface area contributed by atoms with Crippen LogP contribution < -0.4 is 15.5 Å². The molecule has 14 heteroatoms. The van der Waals surface area contributed by atoms with Crippen molar-refractivity contribution >= 4 is 17.5 Å². The van der Waals surface area contributed by atoms with Gasteiger partial charge in [0.05, 0.1) is 25.5 Å². The number of ether oxygens (including phenoxy) is 2. The Morgan fingerprint density at radius 2 is 1.43 bits per heavy atom. The van der Waals surface area contributed by atoms with Gasteiger partial charge in [0.15, 0.2) is 29.6 Å². The van der Waals surface area contributed by atoms with E-state index in [0.29, 0.717) is 44.7 Å². The van der Waals surface area contributed by atoms with E-state index in [9.17, 15) is 36.6 Å². The van der Waals surface area contributed by atoms with Gasteiger partial charge in [-0.15, -0.1) is 0 Å². The fourth-order valence-electron chi connectivity index (χ4n) is 8.52. The van der Waals surface area contributed by atoms with Crippen molar-refractivity contribution in [1.29, 1.82) is 0 Å². The molecular formula is C46H43F5N4O5. The number of hydrogen-bond acceptors (Lipinski definition) is 7. The fourth-order valence-corrected chi connectivity index (χ4v) is 8.52. The lowest BCUT2D eigenvalue weighted by Crippen LogP contribution is -2.57. The highest BCUT2D eigenvalue weighted by atomic mass is 19.2. The molecule has 3 aliphatic rings. The Labute approximate surface area is 343 Å². The Hall–Kier alpha value is -5.67. The molecule has 3 heterocycles. The van der Waals surface area contributed by atoms with Crippen LogP contribution in [0.15, 0.2) is 103 Å². The summed E-state index contributed by atoms with van der Waals surface area (Å²) in [6.45, 7) is 4.21. The van der Waals surface area contributed by atoms with Crippen molar-refractivity contribution in [3.63, 3.8) is 0 Å². The Kier molecular flexibility index (Phi) is 11.7. The minimum atomic E-state index is -2.34.